The third-order valence-electron chi connectivity index (χ3n) is 2.92. The molecule has 1 aliphatic heterocycles. The Morgan fingerprint density at radius 2 is 1.92 bits per heavy atom. The van der Waals surface area contributed by atoms with Crippen LogP contribution >= 0.6 is 0 Å². The average Bonchev–Trinajstić information content (AvgIpc) is 2.41. The number of ketones is 1. The summed E-state index contributed by atoms with van der Waals surface area (Å²) in [6.07, 6.45) is -0.878. The normalized spacial score (nSPS) is 20.0. The Morgan fingerprint density at radius 1 is 1.33 bits per heavy atom. The van der Waals surface area contributed by atoms with Crippen LogP contribution in [0.2, 0.25) is 0 Å². The summed E-state index contributed by atoms with van der Waals surface area (Å²) in [4.78, 5) is 31.9. The molecule has 0 N–H and O–H groups in total. The van der Waals surface area contributed by atoms with Crippen LogP contribution in [0.1, 0.15) is 31.3 Å². The number of hydrogen-bond donors (Lipinski definition) is 0. The third-order valence-corrected chi connectivity index (χ3v) is 4.86. The van der Waals surface area contributed by atoms with E-state index < -0.39 is 57.1 Å². The number of hydrogen-bond acceptors (Lipinski definition) is 7. The van der Waals surface area contributed by atoms with Gasteiger partial charge in [-0.3, -0.25) is 9.59 Å². The van der Waals surface area contributed by atoms with Gasteiger partial charge < -0.3 is 4.74 Å². The Hall–Kier alpha value is -2.17. The van der Waals surface area contributed by atoms with E-state index in [1.807, 2.05) is 0 Å². The Kier molecular flexibility index (Phi) is 4.57. The largest absolute Gasteiger partial charge is 0.459 e. The van der Waals surface area contributed by atoms with Crippen molar-refractivity contribution in [1.29, 1.82) is 0 Å². The summed E-state index contributed by atoms with van der Waals surface area (Å²) in [5, 5.41) is -2.29. The van der Waals surface area contributed by atoms with Gasteiger partial charge in [-0.05, 0) is 20.8 Å². The number of Topliss-reactive ketones (excluding diaryl/α,β-unsaturated/α-hetero) is 1. The first kappa shape index (κ1) is 18.2. The minimum absolute atomic E-state index is 0.232. The second-order valence-electron chi connectivity index (χ2n) is 5.97. The number of sulfonamides is 1. The van der Waals surface area contributed by atoms with E-state index in [1.165, 1.54) is 20.8 Å². The molecule has 1 atom stereocenters. The molecule has 0 aromatic carbocycles. The predicted molar refractivity (Wildman–Crippen MR) is 78.3 cm³/mol. The van der Waals surface area contributed by atoms with Crippen molar-refractivity contribution in [3.05, 3.63) is 18.1 Å². The van der Waals surface area contributed by atoms with Crippen molar-refractivity contribution in [2.24, 2.45) is 0 Å². The summed E-state index contributed by atoms with van der Waals surface area (Å²) in [6.45, 7) is 3.20. The highest BCUT2D eigenvalue weighted by atomic mass is 32.2. The minimum Gasteiger partial charge on any atom is -0.459 e. The lowest BCUT2D eigenvalue weighted by Crippen LogP contribution is -2.54. The van der Waals surface area contributed by atoms with Gasteiger partial charge in [-0.2, -0.15) is 0 Å². The number of ether oxygens (including phenoxy) is 1. The van der Waals surface area contributed by atoms with Crippen molar-refractivity contribution in [2.45, 2.75) is 38.0 Å². The molecule has 0 spiro atoms. The fourth-order valence-corrected chi connectivity index (χ4v) is 3.72. The molecule has 0 aliphatic carbocycles. The van der Waals surface area contributed by atoms with E-state index in [0.717, 1.165) is 12.4 Å². The zero-order valence-corrected chi connectivity index (χ0v) is 13.9. The zero-order valence-electron chi connectivity index (χ0n) is 13.1. The molecule has 1 aromatic heterocycles. The molecule has 0 bridgehead atoms. The van der Waals surface area contributed by atoms with Crippen molar-refractivity contribution < 1.29 is 31.5 Å². The lowest BCUT2D eigenvalue weighted by atomic mass is 10.1. The smallest absolute Gasteiger partial charge is 0.335 e. The number of carbonyl (C=O) groups is 2. The molecule has 2 heterocycles. The standard InChI is InChI=1S/C13H15F2N3O5S/c1-13(2,3)23-12(20)10-9(19)8-11(17-5-4-16-8)18(6-7(14)15)24(10,21)22/h4-5,7,10H,6H2,1-3H3. The molecule has 0 radical (unpaired) electrons. The molecule has 24 heavy (non-hydrogen) atoms. The molecule has 0 saturated carbocycles. The first-order chi connectivity index (χ1) is 10.9. The number of rotatable bonds is 3. The molecule has 0 saturated heterocycles. The van der Waals surface area contributed by atoms with Crippen molar-refractivity contribution >= 4 is 27.6 Å². The van der Waals surface area contributed by atoms with E-state index in [0.29, 0.717) is 0 Å². The number of anilines is 1. The highest BCUT2D eigenvalue weighted by molar-refractivity contribution is 7.95. The molecule has 132 valence electrons. The van der Waals surface area contributed by atoms with E-state index in [4.69, 9.17) is 4.74 Å². The van der Waals surface area contributed by atoms with Crippen LogP contribution in [-0.4, -0.2) is 54.0 Å². The van der Waals surface area contributed by atoms with Crippen LogP contribution in [-0.2, 0) is 19.6 Å². The van der Waals surface area contributed by atoms with Gasteiger partial charge in [-0.1, -0.05) is 0 Å². The van der Waals surface area contributed by atoms with Gasteiger partial charge in [0.2, 0.25) is 11.0 Å². The highest BCUT2D eigenvalue weighted by Gasteiger charge is 2.52. The fourth-order valence-electron chi connectivity index (χ4n) is 2.09. The third kappa shape index (κ3) is 3.35. The maximum atomic E-state index is 12.8. The number of halogens is 2. The van der Waals surface area contributed by atoms with Gasteiger partial charge in [0.25, 0.3) is 16.4 Å². The van der Waals surface area contributed by atoms with Gasteiger partial charge in [0, 0.05) is 12.4 Å². The maximum absolute atomic E-state index is 12.8. The van der Waals surface area contributed by atoms with Gasteiger partial charge in [0.05, 0.1) is 6.54 Å². The molecule has 1 unspecified atom stereocenters. The predicted octanol–water partition coefficient (Wildman–Crippen LogP) is 0.784. The number of esters is 1. The summed E-state index contributed by atoms with van der Waals surface area (Å²) in [6, 6.07) is 0. The number of nitrogens with zero attached hydrogens (tertiary/aromatic N) is 3. The van der Waals surface area contributed by atoms with E-state index in [2.05, 4.69) is 9.97 Å². The Bertz CT molecular complexity index is 776. The van der Waals surface area contributed by atoms with E-state index >= 15 is 0 Å². The van der Waals surface area contributed by atoms with Crippen LogP contribution in [0.15, 0.2) is 12.4 Å². The van der Waals surface area contributed by atoms with E-state index in [1.54, 1.807) is 0 Å². The molecular formula is C13H15F2N3O5S. The molecule has 8 nitrogen and oxygen atoms in total. The summed E-state index contributed by atoms with van der Waals surface area (Å²) in [5.74, 6) is -3.02. The van der Waals surface area contributed by atoms with Crippen molar-refractivity contribution in [2.75, 3.05) is 10.8 Å². The van der Waals surface area contributed by atoms with Crippen LogP contribution in [0, 0.1) is 0 Å². The van der Waals surface area contributed by atoms with Gasteiger partial charge in [-0.15, -0.1) is 0 Å². The number of aromatic nitrogens is 2. The Balaban J connectivity index is 2.58. The monoisotopic (exact) mass is 363 g/mol. The minimum atomic E-state index is -4.77. The molecular weight excluding hydrogens is 348 g/mol. The molecule has 11 heteroatoms. The Morgan fingerprint density at radius 3 is 2.46 bits per heavy atom. The van der Waals surface area contributed by atoms with Crippen LogP contribution < -0.4 is 4.31 Å². The summed E-state index contributed by atoms with van der Waals surface area (Å²) >= 11 is 0. The van der Waals surface area contributed by atoms with Gasteiger partial charge in [0.1, 0.15) is 5.60 Å². The fraction of sp³-hybridized carbons (Fsp3) is 0.538. The summed E-state index contributed by atoms with van der Waals surface area (Å²) < 4.78 is 55.9. The number of alkyl halides is 2. The molecule has 1 aliphatic rings. The first-order valence-corrected chi connectivity index (χ1v) is 8.33. The van der Waals surface area contributed by atoms with E-state index in [9.17, 15) is 26.8 Å². The lowest BCUT2D eigenvalue weighted by Gasteiger charge is -2.32. The van der Waals surface area contributed by atoms with Crippen molar-refractivity contribution in [3.63, 3.8) is 0 Å². The van der Waals surface area contributed by atoms with Crippen LogP contribution in [0.3, 0.4) is 0 Å². The SMILES string of the molecule is CC(C)(C)OC(=O)C1C(=O)c2nccnc2N(CC(F)F)S1(=O)=O. The first-order valence-electron chi connectivity index (χ1n) is 6.83. The Labute approximate surface area is 136 Å². The number of fused-ring (bicyclic) bond motifs is 1. The molecule has 0 fully saturated rings. The van der Waals surface area contributed by atoms with Crippen LogP contribution in [0.25, 0.3) is 0 Å². The van der Waals surface area contributed by atoms with Crippen LogP contribution in [0.5, 0.6) is 0 Å². The van der Waals surface area contributed by atoms with Crippen molar-refractivity contribution in [3.8, 4) is 0 Å². The van der Waals surface area contributed by atoms with Gasteiger partial charge in [0.15, 0.2) is 11.5 Å². The van der Waals surface area contributed by atoms with Crippen molar-refractivity contribution in [1.82, 2.24) is 9.97 Å². The second kappa shape index (κ2) is 6.04. The lowest BCUT2D eigenvalue weighted by molar-refractivity contribution is -0.153. The zero-order chi connectivity index (χ0) is 18.3. The van der Waals surface area contributed by atoms with Gasteiger partial charge >= 0.3 is 5.97 Å². The van der Waals surface area contributed by atoms with E-state index in [-0.39, 0.29) is 4.31 Å². The highest BCUT2D eigenvalue weighted by Crippen LogP contribution is 2.31. The quantitative estimate of drug-likeness (QED) is 0.577. The van der Waals surface area contributed by atoms with Crippen LogP contribution in [0.4, 0.5) is 14.6 Å². The molecule has 1 aromatic rings. The maximum Gasteiger partial charge on any atom is 0.335 e. The van der Waals surface area contributed by atoms with Gasteiger partial charge in [-0.25, -0.2) is 31.5 Å². The topological polar surface area (TPSA) is 107 Å². The second-order valence-corrected chi connectivity index (χ2v) is 7.92. The molecule has 0 amide bonds. The summed E-state index contributed by atoms with van der Waals surface area (Å²) in [7, 11) is -4.77. The average molecular weight is 363 g/mol. The molecule has 2 rings (SSSR count). The summed E-state index contributed by atoms with van der Waals surface area (Å²) in [5.41, 5.74) is -1.54. The number of carbonyl (C=O) groups excluding carboxylic acids is 2.